The maximum atomic E-state index is 12.5. The Morgan fingerprint density at radius 3 is 2.56 bits per heavy atom. The molecule has 1 heterocycles. The van der Waals surface area contributed by atoms with E-state index in [-0.39, 0.29) is 12.1 Å². The molecule has 1 atom stereocenters. The summed E-state index contributed by atoms with van der Waals surface area (Å²) < 4.78 is 37.4. The molecule has 1 unspecified atom stereocenters. The van der Waals surface area contributed by atoms with E-state index in [1.165, 1.54) is 6.07 Å². The lowest BCUT2D eigenvalue weighted by Crippen LogP contribution is -2.59. The van der Waals surface area contributed by atoms with Crippen molar-refractivity contribution in [2.75, 3.05) is 26.2 Å². The van der Waals surface area contributed by atoms with Crippen molar-refractivity contribution in [1.82, 2.24) is 10.2 Å². The van der Waals surface area contributed by atoms with E-state index in [4.69, 9.17) is 5.26 Å². The molecule has 1 rings (SSSR count). The molecule has 92 valence electrons. The fourth-order valence-corrected chi connectivity index (χ4v) is 1.80. The molecule has 1 fully saturated rings. The zero-order valence-corrected chi connectivity index (χ0v) is 9.43. The summed E-state index contributed by atoms with van der Waals surface area (Å²) in [5.74, 6) is -1.90. The highest BCUT2D eigenvalue weighted by Gasteiger charge is 2.43. The van der Waals surface area contributed by atoms with E-state index in [0.717, 1.165) is 0 Å². The molecule has 1 aliphatic rings. The lowest BCUT2D eigenvalue weighted by molar-refractivity contribution is -0.166. The van der Waals surface area contributed by atoms with E-state index in [1.54, 1.807) is 4.90 Å². The molecule has 3 nitrogen and oxygen atoms in total. The minimum Gasteiger partial charge on any atom is -0.314 e. The first kappa shape index (κ1) is 13.3. The molecular formula is C10H16F3N3. The molecule has 0 amide bonds. The van der Waals surface area contributed by atoms with E-state index in [1.807, 2.05) is 13.8 Å². The summed E-state index contributed by atoms with van der Waals surface area (Å²) in [6, 6.07) is 1.34. The zero-order valence-electron chi connectivity index (χ0n) is 9.43. The van der Waals surface area contributed by atoms with Crippen LogP contribution in [0.5, 0.6) is 0 Å². The van der Waals surface area contributed by atoms with Crippen LogP contribution in [0.25, 0.3) is 0 Å². The number of alkyl halides is 3. The van der Waals surface area contributed by atoms with E-state index >= 15 is 0 Å². The van der Waals surface area contributed by atoms with Gasteiger partial charge >= 0.3 is 6.18 Å². The second kappa shape index (κ2) is 4.60. The van der Waals surface area contributed by atoms with Crippen LogP contribution in [0.1, 0.15) is 13.8 Å². The van der Waals surface area contributed by atoms with Crippen molar-refractivity contribution in [3.8, 4) is 6.07 Å². The number of hydrogen-bond acceptors (Lipinski definition) is 3. The van der Waals surface area contributed by atoms with Gasteiger partial charge in [-0.15, -0.1) is 0 Å². The minimum atomic E-state index is -4.43. The predicted octanol–water partition coefficient (Wildman–Crippen LogP) is 1.37. The molecule has 0 radical (unpaired) electrons. The quantitative estimate of drug-likeness (QED) is 0.785. The van der Waals surface area contributed by atoms with E-state index in [0.29, 0.717) is 19.6 Å². The maximum absolute atomic E-state index is 12.5. The first-order chi connectivity index (χ1) is 7.27. The molecule has 0 aromatic heterocycles. The van der Waals surface area contributed by atoms with Gasteiger partial charge in [0.25, 0.3) is 0 Å². The van der Waals surface area contributed by atoms with Crippen LogP contribution < -0.4 is 5.32 Å². The largest absolute Gasteiger partial charge is 0.405 e. The Bertz CT molecular complexity index is 280. The van der Waals surface area contributed by atoms with Gasteiger partial charge in [0.1, 0.15) is 0 Å². The summed E-state index contributed by atoms with van der Waals surface area (Å²) in [4.78, 5) is 1.73. The van der Waals surface area contributed by atoms with Crippen LogP contribution in [-0.4, -0.2) is 42.8 Å². The van der Waals surface area contributed by atoms with Crippen LogP contribution in [0.2, 0.25) is 0 Å². The second-order valence-corrected chi connectivity index (χ2v) is 4.66. The highest BCUT2D eigenvalue weighted by atomic mass is 19.4. The molecule has 0 aromatic rings. The molecular weight excluding hydrogens is 219 g/mol. The van der Waals surface area contributed by atoms with Gasteiger partial charge in [-0.3, -0.25) is 4.90 Å². The Morgan fingerprint density at radius 1 is 1.50 bits per heavy atom. The van der Waals surface area contributed by atoms with Crippen molar-refractivity contribution in [2.45, 2.75) is 25.6 Å². The number of halogens is 3. The smallest absolute Gasteiger partial charge is 0.314 e. The fourth-order valence-electron chi connectivity index (χ4n) is 1.80. The topological polar surface area (TPSA) is 39.1 Å². The summed E-state index contributed by atoms with van der Waals surface area (Å²) >= 11 is 0. The average Bonchev–Trinajstić information content (AvgIpc) is 2.13. The molecule has 16 heavy (non-hydrogen) atoms. The number of piperazine rings is 1. The van der Waals surface area contributed by atoms with Crippen LogP contribution in [0, 0.1) is 17.2 Å². The summed E-state index contributed by atoms with van der Waals surface area (Å²) in [7, 11) is 0. The summed E-state index contributed by atoms with van der Waals surface area (Å²) in [6.45, 7) is 5.37. The van der Waals surface area contributed by atoms with Gasteiger partial charge in [-0.1, -0.05) is 0 Å². The minimum absolute atomic E-state index is 0.241. The van der Waals surface area contributed by atoms with E-state index in [2.05, 4.69) is 5.32 Å². The molecule has 0 saturated carbocycles. The van der Waals surface area contributed by atoms with Gasteiger partial charge in [0.2, 0.25) is 0 Å². The summed E-state index contributed by atoms with van der Waals surface area (Å²) in [6.07, 6.45) is -4.43. The highest BCUT2D eigenvalue weighted by molar-refractivity contribution is 4.96. The van der Waals surface area contributed by atoms with E-state index in [9.17, 15) is 13.2 Å². The molecule has 0 spiro atoms. The van der Waals surface area contributed by atoms with Gasteiger partial charge in [0, 0.05) is 31.7 Å². The van der Waals surface area contributed by atoms with Crippen molar-refractivity contribution < 1.29 is 13.2 Å². The molecule has 0 aliphatic carbocycles. The SMILES string of the molecule is CC1(C)CNCCN1CC(C#N)C(F)(F)F. The van der Waals surface area contributed by atoms with Gasteiger partial charge in [0.15, 0.2) is 5.92 Å². The lowest BCUT2D eigenvalue weighted by Gasteiger charge is -2.43. The molecule has 6 heteroatoms. The lowest BCUT2D eigenvalue weighted by atomic mass is 9.98. The standard InChI is InChI=1S/C10H16F3N3/c1-9(2)7-15-3-4-16(9)6-8(5-14)10(11,12)13/h8,15H,3-4,6-7H2,1-2H3. The Balaban J connectivity index is 2.68. The van der Waals surface area contributed by atoms with E-state index < -0.39 is 12.1 Å². The molecule has 1 saturated heterocycles. The average molecular weight is 235 g/mol. The Morgan fingerprint density at radius 2 is 2.12 bits per heavy atom. The van der Waals surface area contributed by atoms with Gasteiger partial charge < -0.3 is 5.32 Å². The third-order valence-corrected chi connectivity index (χ3v) is 2.93. The van der Waals surface area contributed by atoms with Gasteiger partial charge in [-0.25, -0.2) is 0 Å². The molecule has 1 N–H and O–H groups in total. The second-order valence-electron chi connectivity index (χ2n) is 4.66. The highest BCUT2D eigenvalue weighted by Crippen LogP contribution is 2.28. The van der Waals surface area contributed by atoms with Crippen molar-refractivity contribution in [1.29, 1.82) is 5.26 Å². The molecule has 0 aromatic carbocycles. The van der Waals surface area contributed by atoms with Gasteiger partial charge in [-0.2, -0.15) is 18.4 Å². The van der Waals surface area contributed by atoms with Crippen molar-refractivity contribution in [3.63, 3.8) is 0 Å². The Hall–Kier alpha value is -0.800. The number of nitriles is 1. The van der Waals surface area contributed by atoms with Crippen LogP contribution in [-0.2, 0) is 0 Å². The zero-order chi connectivity index (χ0) is 12.4. The van der Waals surface area contributed by atoms with Crippen LogP contribution in [0.3, 0.4) is 0 Å². The number of nitrogens with zero attached hydrogens (tertiary/aromatic N) is 2. The van der Waals surface area contributed by atoms with Gasteiger partial charge in [0.05, 0.1) is 6.07 Å². The normalized spacial score (nSPS) is 23.8. The van der Waals surface area contributed by atoms with Crippen LogP contribution in [0.4, 0.5) is 13.2 Å². The molecule has 1 aliphatic heterocycles. The number of nitrogens with one attached hydrogen (secondary N) is 1. The Labute approximate surface area is 93.2 Å². The first-order valence-electron chi connectivity index (χ1n) is 5.19. The predicted molar refractivity (Wildman–Crippen MR) is 53.7 cm³/mol. The third-order valence-electron chi connectivity index (χ3n) is 2.93. The Kier molecular flexibility index (Phi) is 3.81. The number of hydrogen-bond donors (Lipinski definition) is 1. The summed E-state index contributed by atoms with van der Waals surface area (Å²) in [5.41, 5.74) is -0.335. The maximum Gasteiger partial charge on any atom is 0.405 e. The van der Waals surface area contributed by atoms with Crippen molar-refractivity contribution >= 4 is 0 Å². The van der Waals surface area contributed by atoms with Crippen molar-refractivity contribution in [2.24, 2.45) is 5.92 Å². The number of rotatable bonds is 2. The molecule has 0 bridgehead atoms. The van der Waals surface area contributed by atoms with Gasteiger partial charge in [-0.05, 0) is 13.8 Å². The first-order valence-corrected chi connectivity index (χ1v) is 5.19. The summed E-state index contributed by atoms with van der Waals surface area (Å²) in [5, 5.41) is 11.7. The monoisotopic (exact) mass is 235 g/mol. The van der Waals surface area contributed by atoms with Crippen LogP contribution in [0.15, 0.2) is 0 Å². The van der Waals surface area contributed by atoms with Crippen molar-refractivity contribution in [3.05, 3.63) is 0 Å². The fraction of sp³-hybridized carbons (Fsp3) is 0.900. The van der Waals surface area contributed by atoms with Crippen LogP contribution >= 0.6 is 0 Å². The third kappa shape index (κ3) is 3.09.